The van der Waals surface area contributed by atoms with Gasteiger partial charge in [-0.3, -0.25) is 0 Å². The number of aryl methyl sites for hydroxylation is 2. The Bertz CT molecular complexity index is 2880. The first-order valence-electron chi connectivity index (χ1n) is 20.3. The van der Waals surface area contributed by atoms with Crippen molar-refractivity contribution in [1.29, 1.82) is 0 Å². The first kappa shape index (κ1) is 34.1. The van der Waals surface area contributed by atoms with E-state index in [-0.39, 0.29) is 5.41 Å². The van der Waals surface area contributed by atoms with E-state index in [2.05, 4.69) is 231 Å². The van der Waals surface area contributed by atoms with Crippen LogP contribution in [0.1, 0.15) is 33.4 Å². The van der Waals surface area contributed by atoms with Crippen LogP contribution < -0.4 is 4.90 Å². The summed E-state index contributed by atoms with van der Waals surface area (Å²) in [5.74, 6) is 0. The van der Waals surface area contributed by atoms with E-state index in [1.54, 1.807) is 0 Å². The summed E-state index contributed by atoms with van der Waals surface area (Å²) in [5, 5.41) is 0. The second kappa shape index (κ2) is 13.5. The molecule has 2 aliphatic rings. The molecule has 11 rings (SSSR count). The van der Waals surface area contributed by atoms with Crippen molar-refractivity contribution in [2.75, 3.05) is 4.90 Å². The molecule has 0 heterocycles. The van der Waals surface area contributed by atoms with E-state index in [4.69, 9.17) is 0 Å². The van der Waals surface area contributed by atoms with Crippen LogP contribution in [0.3, 0.4) is 0 Å². The van der Waals surface area contributed by atoms with E-state index in [9.17, 15) is 0 Å². The minimum atomic E-state index is -0.362. The van der Waals surface area contributed by atoms with Crippen molar-refractivity contribution in [3.63, 3.8) is 0 Å². The number of benzene rings is 9. The van der Waals surface area contributed by atoms with Crippen molar-refractivity contribution < 1.29 is 0 Å². The summed E-state index contributed by atoms with van der Waals surface area (Å²) in [6.45, 7) is 4.47. The molecule has 0 aliphatic heterocycles. The minimum absolute atomic E-state index is 0.362. The fourth-order valence-electron chi connectivity index (χ4n) is 10.0. The van der Waals surface area contributed by atoms with Gasteiger partial charge in [-0.05, 0) is 139 Å². The van der Waals surface area contributed by atoms with Crippen molar-refractivity contribution in [3.05, 3.63) is 246 Å². The van der Waals surface area contributed by atoms with Crippen molar-refractivity contribution in [1.82, 2.24) is 0 Å². The van der Waals surface area contributed by atoms with Gasteiger partial charge >= 0.3 is 0 Å². The van der Waals surface area contributed by atoms with Crippen molar-refractivity contribution >= 4 is 17.1 Å². The van der Waals surface area contributed by atoms with Gasteiger partial charge in [0.15, 0.2) is 0 Å². The highest BCUT2D eigenvalue weighted by molar-refractivity contribution is 6.00. The van der Waals surface area contributed by atoms with Gasteiger partial charge in [0.05, 0.1) is 5.41 Å². The second-order valence-electron chi connectivity index (χ2n) is 15.7. The average molecular weight is 740 g/mol. The van der Waals surface area contributed by atoms with Crippen molar-refractivity contribution in [2.45, 2.75) is 19.3 Å². The van der Waals surface area contributed by atoms with Gasteiger partial charge in [-0.2, -0.15) is 0 Å². The van der Waals surface area contributed by atoms with Crippen LogP contribution in [0.2, 0.25) is 0 Å². The zero-order valence-electron chi connectivity index (χ0n) is 32.7. The maximum Gasteiger partial charge on any atom is 0.0725 e. The molecule has 0 bridgehead atoms. The molecule has 1 heteroatoms. The fourth-order valence-corrected chi connectivity index (χ4v) is 10.0. The molecule has 58 heavy (non-hydrogen) atoms. The minimum Gasteiger partial charge on any atom is -0.310 e. The predicted octanol–water partition coefficient (Wildman–Crippen LogP) is 15.1. The van der Waals surface area contributed by atoms with Crippen LogP contribution >= 0.6 is 0 Å². The van der Waals surface area contributed by atoms with E-state index < -0.39 is 0 Å². The maximum atomic E-state index is 2.43. The standard InChI is InChI=1S/C57H41N/c1-38-36-43(40-16-5-3-6-17-40)30-34-54(38)58(55-35-31-44(37-39(55)2)41-18-7-4-8-19-41)45-32-28-42(29-33-45)46-23-15-27-53-56(46)49-22-11-14-26-52(49)57(53)50-24-12-9-20-47(50)48-21-10-13-25-51(48)57/h3-37H,1-2H3. The quantitative estimate of drug-likeness (QED) is 0.164. The summed E-state index contributed by atoms with van der Waals surface area (Å²) >= 11 is 0. The molecule has 0 saturated carbocycles. The molecule has 0 aromatic heterocycles. The van der Waals surface area contributed by atoms with Crippen LogP contribution in [0.5, 0.6) is 0 Å². The average Bonchev–Trinajstić information content (AvgIpc) is 3.76. The number of rotatable bonds is 6. The zero-order chi connectivity index (χ0) is 38.8. The molecule has 0 unspecified atom stereocenters. The summed E-state index contributed by atoms with van der Waals surface area (Å²) in [7, 11) is 0. The highest BCUT2D eigenvalue weighted by atomic mass is 15.1. The Morgan fingerprint density at radius 3 is 1.24 bits per heavy atom. The Morgan fingerprint density at radius 2 is 0.724 bits per heavy atom. The number of nitrogens with zero attached hydrogens (tertiary/aromatic N) is 1. The molecule has 274 valence electrons. The lowest BCUT2D eigenvalue weighted by molar-refractivity contribution is 0.794. The van der Waals surface area contributed by atoms with Crippen LogP contribution in [0, 0.1) is 13.8 Å². The highest BCUT2D eigenvalue weighted by Crippen LogP contribution is 2.64. The lowest BCUT2D eigenvalue weighted by Crippen LogP contribution is -2.25. The van der Waals surface area contributed by atoms with Crippen molar-refractivity contribution in [2.24, 2.45) is 0 Å². The summed E-state index contributed by atoms with van der Waals surface area (Å²) in [4.78, 5) is 2.43. The zero-order valence-corrected chi connectivity index (χ0v) is 32.7. The number of fused-ring (bicyclic) bond motifs is 10. The predicted molar refractivity (Wildman–Crippen MR) is 243 cm³/mol. The molecule has 1 spiro atoms. The third kappa shape index (κ3) is 5.10. The van der Waals surface area contributed by atoms with Gasteiger partial charge in [0.1, 0.15) is 0 Å². The Kier molecular flexibility index (Phi) is 7.91. The van der Waals surface area contributed by atoms with E-state index in [0.717, 1.165) is 17.1 Å². The van der Waals surface area contributed by atoms with Crippen LogP contribution in [0.15, 0.2) is 212 Å². The molecule has 0 amide bonds. The Hall–Kier alpha value is -7.22. The monoisotopic (exact) mass is 739 g/mol. The van der Waals surface area contributed by atoms with Gasteiger partial charge in [-0.1, -0.05) is 176 Å². The van der Waals surface area contributed by atoms with E-state index in [1.807, 2.05) is 0 Å². The third-order valence-electron chi connectivity index (χ3n) is 12.5. The summed E-state index contributed by atoms with van der Waals surface area (Å²) < 4.78 is 0. The summed E-state index contributed by atoms with van der Waals surface area (Å²) in [5.41, 5.74) is 23.6. The van der Waals surface area contributed by atoms with Crippen LogP contribution in [-0.4, -0.2) is 0 Å². The molecule has 0 saturated heterocycles. The van der Waals surface area contributed by atoms with E-state index >= 15 is 0 Å². The maximum absolute atomic E-state index is 2.43. The van der Waals surface area contributed by atoms with Gasteiger partial charge in [0.2, 0.25) is 0 Å². The molecule has 9 aromatic carbocycles. The van der Waals surface area contributed by atoms with Crippen molar-refractivity contribution in [3.8, 4) is 55.6 Å². The van der Waals surface area contributed by atoms with E-state index in [1.165, 1.54) is 89.0 Å². The summed E-state index contributed by atoms with van der Waals surface area (Å²) in [6, 6.07) is 78.4. The SMILES string of the molecule is Cc1cc(-c2ccccc2)ccc1N(c1ccc(-c2cccc3c2-c2ccccc2C32c3ccccc3-c3ccccc32)cc1)c1ccc(-c2ccccc2)cc1C. The largest absolute Gasteiger partial charge is 0.310 e. The smallest absolute Gasteiger partial charge is 0.0725 e. The molecule has 0 N–H and O–H groups in total. The molecule has 0 radical (unpaired) electrons. The molecule has 0 atom stereocenters. The van der Waals surface area contributed by atoms with Crippen LogP contribution in [0.4, 0.5) is 17.1 Å². The van der Waals surface area contributed by atoms with Gasteiger partial charge in [0, 0.05) is 17.1 Å². The van der Waals surface area contributed by atoms with Crippen LogP contribution in [-0.2, 0) is 5.41 Å². The van der Waals surface area contributed by atoms with Gasteiger partial charge in [0.25, 0.3) is 0 Å². The number of hydrogen-bond acceptors (Lipinski definition) is 1. The number of anilines is 3. The van der Waals surface area contributed by atoms with Gasteiger partial charge < -0.3 is 4.90 Å². The molecular formula is C57H41N. The Morgan fingerprint density at radius 1 is 0.310 bits per heavy atom. The number of hydrogen-bond donors (Lipinski definition) is 0. The topological polar surface area (TPSA) is 3.24 Å². The Balaban J connectivity index is 1.06. The molecule has 2 aliphatic carbocycles. The van der Waals surface area contributed by atoms with Gasteiger partial charge in [-0.15, -0.1) is 0 Å². The third-order valence-corrected chi connectivity index (χ3v) is 12.5. The molecule has 1 nitrogen and oxygen atoms in total. The molecule has 9 aromatic rings. The molecular weight excluding hydrogens is 699 g/mol. The van der Waals surface area contributed by atoms with E-state index in [0.29, 0.717) is 0 Å². The second-order valence-corrected chi connectivity index (χ2v) is 15.7. The summed E-state index contributed by atoms with van der Waals surface area (Å²) in [6.07, 6.45) is 0. The normalized spacial score (nSPS) is 12.8. The first-order valence-corrected chi connectivity index (χ1v) is 20.3. The van der Waals surface area contributed by atoms with Crippen LogP contribution in [0.25, 0.3) is 55.6 Å². The highest BCUT2D eigenvalue weighted by Gasteiger charge is 2.51. The lowest BCUT2D eigenvalue weighted by Gasteiger charge is -2.30. The van der Waals surface area contributed by atoms with Gasteiger partial charge in [-0.25, -0.2) is 0 Å². The first-order chi connectivity index (χ1) is 28.6. The fraction of sp³-hybridized carbons (Fsp3) is 0.0526. The molecule has 0 fully saturated rings. The Labute approximate surface area is 341 Å². The lowest BCUT2D eigenvalue weighted by atomic mass is 9.70.